The molecular weight excluding hydrogens is 218 g/mol. The van der Waals surface area contributed by atoms with Crippen LogP contribution in [0, 0.1) is 0 Å². The van der Waals surface area contributed by atoms with Gasteiger partial charge in [0, 0.05) is 5.41 Å². The van der Waals surface area contributed by atoms with E-state index in [2.05, 4.69) is 4.98 Å². The Bertz CT molecular complexity index is 608. The van der Waals surface area contributed by atoms with E-state index in [-0.39, 0.29) is 11.0 Å². The minimum Gasteiger partial charge on any atom is -0.494 e. The van der Waals surface area contributed by atoms with Crippen LogP contribution < -0.4 is 10.4 Å². The van der Waals surface area contributed by atoms with Crippen molar-refractivity contribution in [2.75, 3.05) is 7.11 Å². The first-order chi connectivity index (χ1) is 7.93. The number of hydrogen-bond acceptors (Lipinski definition) is 4. The summed E-state index contributed by atoms with van der Waals surface area (Å²) in [4.78, 5) is 16.2. The smallest absolute Gasteiger partial charge is 0.346 e. The molecule has 0 radical (unpaired) electrons. The second kappa shape index (κ2) is 3.87. The standard InChI is InChI=1S/C13H15NO3/c1-13(2,3)12-14-10-8(11(15)17-12)6-5-7-9(10)16-4/h5-7H,1-4H3. The zero-order valence-corrected chi connectivity index (χ0v) is 10.4. The van der Waals surface area contributed by atoms with Crippen LogP contribution in [0.15, 0.2) is 27.4 Å². The Morgan fingerprint density at radius 2 is 2.00 bits per heavy atom. The highest BCUT2D eigenvalue weighted by atomic mass is 16.5. The van der Waals surface area contributed by atoms with Gasteiger partial charge in [0.05, 0.1) is 12.5 Å². The molecule has 0 aliphatic carbocycles. The van der Waals surface area contributed by atoms with Crippen LogP contribution in [-0.4, -0.2) is 12.1 Å². The van der Waals surface area contributed by atoms with Crippen molar-refractivity contribution >= 4 is 10.9 Å². The number of hydrogen-bond donors (Lipinski definition) is 0. The fourth-order valence-electron chi connectivity index (χ4n) is 1.56. The Morgan fingerprint density at radius 3 is 2.59 bits per heavy atom. The summed E-state index contributed by atoms with van der Waals surface area (Å²) in [7, 11) is 1.56. The molecule has 4 heteroatoms. The minimum absolute atomic E-state index is 0.311. The second-order valence-electron chi connectivity index (χ2n) is 4.91. The van der Waals surface area contributed by atoms with E-state index >= 15 is 0 Å². The molecule has 1 aromatic heterocycles. The van der Waals surface area contributed by atoms with E-state index in [9.17, 15) is 4.79 Å². The van der Waals surface area contributed by atoms with Crippen molar-refractivity contribution in [1.29, 1.82) is 0 Å². The fraction of sp³-hybridized carbons (Fsp3) is 0.385. The molecule has 0 unspecified atom stereocenters. The Kier molecular flexibility index (Phi) is 2.65. The zero-order valence-electron chi connectivity index (χ0n) is 10.4. The van der Waals surface area contributed by atoms with Crippen LogP contribution >= 0.6 is 0 Å². The molecule has 0 atom stereocenters. The lowest BCUT2D eigenvalue weighted by Gasteiger charge is -2.15. The lowest BCUT2D eigenvalue weighted by Crippen LogP contribution is -2.17. The molecule has 0 aliphatic rings. The third kappa shape index (κ3) is 2.02. The third-order valence-corrected chi connectivity index (χ3v) is 2.48. The fourth-order valence-corrected chi connectivity index (χ4v) is 1.56. The highest BCUT2D eigenvalue weighted by Gasteiger charge is 2.21. The highest BCUT2D eigenvalue weighted by molar-refractivity contribution is 5.83. The first-order valence-corrected chi connectivity index (χ1v) is 5.42. The predicted molar refractivity (Wildman–Crippen MR) is 65.5 cm³/mol. The summed E-state index contributed by atoms with van der Waals surface area (Å²) in [6.45, 7) is 5.83. The van der Waals surface area contributed by atoms with Gasteiger partial charge in [0.1, 0.15) is 11.3 Å². The summed E-state index contributed by atoms with van der Waals surface area (Å²) in [6, 6.07) is 5.21. The van der Waals surface area contributed by atoms with Gasteiger partial charge in [-0.1, -0.05) is 26.8 Å². The topological polar surface area (TPSA) is 52.3 Å². The molecule has 17 heavy (non-hydrogen) atoms. The molecule has 1 heterocycles. The molecule has 2 rings (SSSR count). The maximum absolute atomic E-state index is 11.9. The Balaban J connectivity index is 2.84. The summed E-state index contributed by atoms with van der Waals surface area (Å²) < 4.78 is 10.4. The molecule has 0 bridgehead atoms. The van der Waals surface area contributed by atoms with E-state index in [1.165, 1.54) is 0 Å². The van der Waals surface area contributed by atoms with E-state index in [1.54, 1.807) is 25.3 Å². The molecule has 4 nitrogen and oxygen atoms in total. The van der Waals surface area contributed by atoms with Crippen LogP contribution in [0.25, 0.3) is 10.9 Å². The zero-order chi connectivity index (χ0) is 12.6. The molecule has 0 aliphatic heterocycles. The highest BCUT2D eigenvalue weighted by Crippen LogP contribution is 2.25. The number of aromatic nitrogens is 1. The van der Waals surface area contributed by atoms with Crippen LogP contribution in [0.3, 0.4) is 0 Å². The Labute approximate surface area is 99.2 Å². The Hall–Kier alpha value is -1.84. The Morgan fingerprint density at radius 1 is 1.29 bits per heavy atom. The van der Waals surface area contributed by atoms with Crippen LogP contribution in [-0.2, 0) is 5.41 Å². The number of rotatable bonds is 1. The van der Waals surface area contributed by atoms with Gasteiger partial charge in [0.25, 0.3) is 0 Å². The molecular formula is C13H15NO3. The van der Waals surface area contributed by atoms with Gasteiger partial charge < -0.3 is 9.15 Å². The van der Waals surface area contributed by atoms with E-state index < -0.39 is 0 Å². The number of ether oxygens (including phenoxy) is 1. The predicted octanol–water partition coefficient (Wildman–Crippen LogP) is 2.49. The number of nitrogens with zero attached hydrogens (tertiary/aromatic N) is 1. The van der Waals surface area contributed by atoms with Crippen LogP contribution in [0.4, 0.5) is 0 Å². The van der Waals surface area contributed by atoms with Crippen molar-refractivity contribution < 1.29 is 9.15 Å². The molecule has 90 valence electrons. The molecule has 0 spiro atoms. The summed E-state index contributed by atoms with van der Waals surface area (Å²) in [5.74, 6) is 1.00. The van der Waals surface area contributed by atoms with Crippen molar-refractivity contribution in [2.45, 2.75) is 26.2 Å². The van der Waals surface area contributed by atoms with Gasteiger partial charge in [-0.2, -0.15) is 0 Å². The van der Waals surface area contributed by atoms with E-state index in [1.807, 2.05) is 20.8 Å². The molecule has 0 saturated carbocycles. The van der Waals surface area contributed by atoms with Crippen molar-refractivity contribution in [3.63, 3.8) is 0 Å². The van der Waals surface area contributed by atoms with Crippen LogP contribution in [0.1, 0.15) is 26.7 Å². The van der Waals surface area contributed by atoms with Gasteiger partial charge in [-0.15, -0.1) is 0 Å². The third-order valence-electron chi connectivity index (χ3n) is 2.48. The molecule has 2 aromatic rings. The van der Waals surface area contributed by atoms with Crippen molar-refractivity contribution in [2.24, 2.45) is 0 Å². The van der Waals surface area contributed by atoms with Crippen molar-refractivity contribution in [3.05, 3.63) is 34.5 Å². The lowest BCUT2D eigenvalue weighted by atomic mass is 9.97. The maximum atomic E-state index is 11.9. The largest absolute Gasteiger partial charge is 0.494 e. The van der Waals surface area contributed by atoms with E-state index in [0.717, 1.165) is 0 Å². The quantitative estimate of drug-likeness (QED) is 0.759. The van der Waals surface area contributed by atoms with E-state index in [4.69, 9.17) is 9.15 Å². The van der Waals surface area contributed by atoms with Gasteiger partial charge in [-0.05, 0) is 12.1 Å². The molecule has 1 aromatic carbocycles. The molecule has 0 saturated heterocycles. The minimum atomic E-state index is -0.376. The summed E-state index contributed by atoms with van der Waals surface area (Å²) >= 11 is 0. The number of fused-ring (bicyclic) bond motifs is 1. The van der Waals surface area contributed by atoms with E-state index in [0.29, 0.717) is 22.5 Å². The second-order valence-corrected chi connectivity index (χ2v) is 4.91. The lowest BCUT2D eigenvalue weighted by molar-refractivity contribution is 0.357. The number of benzene rings is 1. The summed E-state index contributed by atoms with van der Waals surface area (Å²) in [5, 5.41) is 0.442. The normalized spacial score (nSPS) is 11.8. The first kappa shape index (κ1) is 11.6. The van der Waals surface area contributed by atoms with Gasteiger partial charge in [0.2, 0.25) is 5.89 Å². The SMILES string of the molecule is COc1cccc2c(=O)oc(C(C)(C)C)nc12. The van der Waals surface area contributed by atoms with Crippen molar-refractivity contribution in [3.8, 4) is 5.75 Å². The van der Waals surface area contributed by atoms with Gasteiger partial charge in [-0.25, -0.2) is 9.78 Å². The molecule has 0 N–H and O–H groups in total. The van der Waals surface area contributed by atoms with Gasteiger partial charge in [-0.3, -0.25) is 0 Å². The van der Waals surface area contributed by atoms with Gasteiger partial charge >= 0.3 is 5.63 Å². The monoisotopic (exact) mass is 233 g/mol. The summed E-state index contributed by atoms with van der Waals surface area (Å²) in [6.07, 6.45) is 0. The average molecular weight is 233 g/mol. The number of para-hydroxylation sites is 1. The van der Waals surface area contributed by atoms with Crippen LogP contribution in [0.2, 0.25) is 0 Å². The van der Waals surface area contributed by atoms with Crippen molar-refractivity contribution in [1.82, 2.24) is 4.98 Å². The first-order valence-electron chi connectivity index (χ1n) is 5.42. The maximum Gasteiger partial charge on any atom is 0.346 e. The molecule has 0 fully saturated rings. The number of methoxy groups -OCH3 is 1. The van der Waals surface area contributed by atoms with Crippen LogP contribution in [0.5, 0.6) is 5.75 Å². The van der Waals surface area contributed by atoms with Gasteiger partial charge in [0.15, 0.2) is 0 Å². The average Bonchev–Trinajstić information content (AvgIpc) is 2.27. The molecule has 0 amide bonds. The summed E-state index contributed by atoms with van der Waals surface area (Å²) in [5.41, 5.74) is -0.135.